The van der Waals surface area contributed by atoms with Crippen molar-refractivity contribution in [1.82, 2.24) is 0 Å². The highest BCUT2D eigenvalue weighted by atomic mass is 16.6. The molecule has 0 bridgehead atoms. The number of aliphatic hydroxyl groups is 2. The lowest BCUT2D eigenvalue weighted by atomic mass is 10.2. The Morgan fingerprint density at radius 2 is 1.53 bits per heavy atom. The maximum absolute atomic E-state index is 11.3. The minimum Gasteiger partial charge on any atom is -0.460 e. The molecule has 2 N–H and O–H groups in total. The molecule has 0 unspecified atom stereocenters. The summed E-state index contributed by atoms with van der Waals surface area (Å²) in [6.07, 6.45) is -1.15. The van der Waals surface area contributed by atoms with E-state index in [1.165, 1.54) is 0 Å². The third kappa shape index (κ3) is 8.65. The summed E-state index contributed by atoms with van der Waals surface area (Å²) in [6, 6.07) is 0. The molecule has 0 aliphatic rings. The molecule has 0 rings (SSSR count). The first-order valence-corrected chi connectivity index (χ1v) is 5.41. The molecule has 0 aromatic heterocycles. The van der Waals surface area contributed by atoms with Crippen LogP contribution in [0.25, 0.3) is 0 Å². The molecule has 0 atom stereocenters. The van der Waals surface area contributed by atoms with Crippen molar-refractivity contribution in [3.05, 3.63) is 0 Å². The van der Waals surface area contributed by atoms with E-state index in [0.717, 1.165) is 0 Å². The zero-order chi connectivity index (χ0) is 13.5. The van der Waals surface area contributed by atoms with Crippen LogP contribution in [-0.4, -0.2) is 47.1 Å². The van der Waals surface area contributed by atoms with Crippen LogP contribution in [0.4, 0.5) is 0 Å². The van der Waals surface area contributed by atoms with E-state index in [-0.39, 0.29) is 12.8 Å². The molecule has 6 heteroatoms. The highest BCUT2D eigenvalue weighted by Gasteiger charge is 2.18. The van der Waals surface area contributed by atoms with Crippen LogP contribution in [0.1, 0.15) is 33.6 Å². The first-order chi connectivity index (χ1) is 7.78. The van der Waals surface area contributed by atoms with Gasteiger partial charge >= 0.3 is 11.9 Å². The molecule has 0 saturated heterocycles. The number of aliphatic hydroxyl groups excluding tert-OH is 2. The molecular formula is C11H20O6. The summed E-state index contributed by atoms with van der Waals surface area (Å²) < 4.78 is 9.68. The lowest BCUT2D eigenvalue weighted by molar-refractivity contribution is -0.161. The van der Waals surface area contributed by atoms with Crippen molar-refractivity contribution in [3.63, 3.8) is 0 Å². The molecule has 0 aliphatic heterocycles. The van der Waals surface area contributed by atoms with E-state index in [9.17, 15) is 9.59 Å². The molecule has 0 heterocycles. The van der Waals surface area contributed by atoms with Crippen molar-refractivity contribution in [1.29, 1.82) is 0 Å². The van der Waals surface area contributed by atoms with Gasteiger partial charge in [-0.1, -0.05) is 0 Å². The summed E-state index contributed by atoms with van der Waals surface area (Å²) in [5, 5.41) is 17.4. The largest absolute Gasteiger partial charge is 0.460 e. The van der Waals surface area contributed by atoms with E-state index in [1.807, 2.05) is 0 Å². The van der Waals surface area contributed by atoms with E-state index in [1.54, 1.807) is 20.8 Å². The quantitative estimate of drug-likeness (QED) is 0.643. The average Bonchev–Trinajstić information content (AvgIpc) is 2.20. The summed E-state index contributed by atoms with van der Waals surface area (Å²) in [6.45, 7) is 4.30. The summed E-state index contributed by atoms with van der Waals surface area (Å²) in [5.74, 6) is -1.14. The van der Waals surface area contributed by atoms with Gasteiger partial charge in [-0.25, -0.2) is 0 Å². The van der Waals surface area contributed by atoms with Crippen LogP contribution in [0, 0.1) is 0 Å². The second-order valence-electron chi connectivity index (χ2n) is 4.56. The van der Waals surface area contributed by atoms with E-state index < -0.39 is 36.9 Å². The number of esters is 2. The van der Waals surface area contributed by atoms with Gasteiger partial charge in [-0.15, -0.1) is 0 Å². The average molecular weight is 248 g/mol. The van der Waals surface area contributed by atoms with Crippen LogP contribution in [-0.2, 0) is 19.1 Å². The molecule has 0 saturated carbocycles. The van der Waals surface area contributed by atoms with Gasteiger partial charge in [0.25, 0.3) is 0 Å². The van der Waals surface area contributed by atoms with Crippen LogP contribution in [0.2, 0.25) is 0 Å². The Morgan fingerprint density at radius 1 is 1.06 bits per heavy atom. The van der Waals surface area contributed by atoms with Crippen LogP contribution >= 0.6 is 0 Å². The summed E-state index contributed by atoms with van der Waals surface area (Å²) in [7, 11) is 0. The number of carbonyl (C=O) groups excluding carboxylic acids is 2. The Balaban J connectivity index is 3.88. The van der Waals surface area contributed by atoms with Crippen molar-refractivity contribution in [3.8, 4) is 0 Å². The molecule has 0 aromatic rings. The van der Waals surface area contributed by atoms with Gasteiger partial charge in [0.2, 0.25) is 0 Å². The number of ether oxygens (including phenoxy) is 2. The van der Waals surface area contributed by atoms with E-state index in [0.29, 0.717) is 0 Å². The molecular weight excluding hydrogens is 228 g/mol. The molecule has 17 heavy (non-hydrogen) atoms. The first kappa shape index (κ1) is 15.9. The molecule has 0 aliphatic carbocycles. The van der Waals surface area contributed by atoms with Crippen molar-refractivity contribution in [2.75, 3.05) is 13.2 Å². The van der Waals surface area contributed by atoms with Crippen LogP contribution in [0.3, 0.4) is 0 Å². The standard InChI is InChI=1S/C11H20O6/c1-11(2,3)17-10(15)5-4-9(14)16-8(6-12)7-13/h8,12-13H,4-7H2,1-3H3. The van der Waals surface area contributed by atoms with Crippen LogP contribution in [0.15, 0.2) is 0 Å². The Hall–Kier alpha value is -1.14. The third-order valence-electron chi connectivity index (χ3n) is 1.66. The fraction of sp³-hybridized carbons (Fsp3) is 0.818. The van der Waals surface area contributed by atoms with E-state index in [4.69, 9.17) is 14.9 Å². The van der Waals surface area contributed by atoms with Crippen molar-refractivity contribution in [2.45, 2.75) is 45.3 Å². The van der Waals surface area contributed by atoms with Gasteiger partial charge in [0, 0.05) is 0 Å². The van der Waals surface area contributed by atoms with Gasteiger partial charge in [0.05, 0.1) is 26.1 Å². The van der Waals surface area contributed by atoms with E-state index >= 15 is 0 Å². The minimum absolute atomic E-state index is 0.0837. The highest BCUT2D eigenvalue weighted by Crippen LogP contribution is 2.09. The molecule has 6 nitrogen and oxygen atoms in total. The fourth-order valence-electron chi connectivity index (χ4n) is 0.974. The second-order valence-corrected chi connectivity index (χ2v) is 4.56. The number of hydrogen-bond acceptors (Lipinski definition) is 6. The topological polar surface area (TPSA) is 93.1 Å². The smallest absolute Gasteiger partial charge is 0.306 e. The van der Waals surface area contributed by atoms with Crippen LogP contribution < -0.4 is 0 Å². The molecule has 0 radical (unpaired) electrons. The lowest BCUT2D eigenvalue weighted by Crippen LogP contribution is -2.27. The molecule has 0 aromatic carbocycles. The Labute approximate surface area is 101 Å². The Bertz CT molecular complexity index is 251. The summed E-state index contributed by atoms with van der Waals surface area (Å²) >= 11 is 0. The molecule has 0 fully saturated rings. The second kappa shape index (κ2) is 7.24. The minimum atomic E-state index is -0.930. The van der Waals surface area contributed by atoms with Gasteiger partial charge in [0.1, 0.15) is 11.7 Å². The Morgan fingerprint density at radius 3 is 1.94 bits per heavy atom. The summed E-state index contributed by atoms with van der Waals surface area (Å²) in [4.78, 5) is 22.4. The predicted molar refractivity (Wildman–Crippen MR) is 59.1 cm³/mol. The lowest BCUT2D eigenvalue weighted by Gasteiger charge is -2.19. The van der Waals surface area contributed by atoms with Crippen molar-refractivity contribution >= 4 is 11.9 Å². The SMILES string of the molecule is CC(C)(C)OC(=O)CCC(=O)OC(CO)CO. The monoisotopic (exact) mass is 248 g/mol. The third-order valence-corrected chi connectivity index (χ3v) is 1.66. The fourth-order valence-corrected chi connectivity index (χ4v) is 0.974. The van der Waals surface area contributed by atoms with Crippen molar-refractivity contribution in [2.24, 2.45) is 0 Å². The normalized spacial score (nSPS) is 11.4. The van der Waals surface area contributed by atoms with Crippen LogP contribution in [0.5, 0.6) is 0 Å². The number of hydrogen-bond donors (Lipinski definition) is 2. The summed E-state index contributed by atoms with van der Waals surface area (Å²) in [5.41, 5.74) is -0.584. The molecule has 100 valence electrons. The van der Waals surface area contributed by atoms with Gasteiger partial charge in [0.15, 0.2) is 0 Å². The van der Waals surface area contributed by atoms with Crippen molar-refractivity contribution < 1.29 is 29.3 Å². The zero-order valence-electron chi connectivity index (χ0n) is 10.4. The maximum atomic E-state index is 11.3. The van der Waals surface area contributed by atoms with Gasteiger partial charge in [-0.05, 0) is 20.8 Å². The van der Waals surface area contributed by atoms with Gasteiger partial charge < -0.3 is 19.7 Å². The predicted octanol–water partition coefficient (Wildman–Crippen LogP) is 0.00470. The molecule has 0 spiro atoms. The number of rotatable bonds is 6. The van der Waals surface area contributed by atoms with Gasteiger partial charge in [-0.2, -0.15) is 0 Å². The first-order valence-electron chi connectivity index (χ1n) is 5.41. The van der Waals surface area contributed by atoms with E-state index in [2.05, 4.69) is 4.74 Å². The molecule has 0 amide bonds. The Kier molecular flexibility index (Phi) is 6.75. The number of carbonyl (C=O) groups is 2. The van der Waals surface area contributed by atoms with Gasteiger partial charge in [-0.3, -0.25) is 9.59 Å². The highest BCUT2D eigenvalue weighted by molar-refractivity contribution is 5.77. The zero-order valence-corrected chi connectivity index (χ0v) is 10.4. The maximum Gasteiger partial charge on any atom is 0.306 e.